The third kappa shape index (κ3) is 6.99. The highest BCUT2D eigenvalue weighted by Crippen LogP contribution is 2.35. The van der Waals surface area contributed by atoms with Gasteiger partial charge in [0.25, 0.3) is 11.8 Å². The maximum absolute atomic E-state index is 14.5. The van der Waals surface area contributed by atoms with Crippen LogP contribution in [-0.2, 0) is 0 Å². The number of amides is 2. The Bertz CT molecular complexity index is 1860. The summed E-state index contributed by atoms with van der Waals surface area (Å²) in [5.74, 6) is -0.394. The summed E-state index contributed by atoms with van der Waals surface area (Å²) in [5, 5.41) is 9.96. The Morgan fingerprint density at radius 1 is 0.457 bits per heavy atom. The second-order valence-electron chi connectivity index (χ2n) is 11.1. The summed E-state index contributed by atoms with van der Waals surface area (Å²) in [4.78, 5) is 28.3. The van der Waals surface area contributed by atoms with Gasteiger partial charge in [0.1, 0.15) is 0 Å². The number of rotatable bonds is 10. The molecule has 0 bridgehead atoms. The van der Waals surface area contributed by atoms with Crippen molar-refractivity contribution >= 4 is 35.6 Å². The molecule has 6 rings (SSSR count). The minimum absolute atomic E-state index is 0.195. The SMILES string of the molecule is Cc1ccccc1C(=O)N[C@H](c1ccccc1)[C@H](NC(=O)c1ccccc1P(c1ccccc1)c1ccccc1)c1ccccc1. The molecule has 46 heavy (non-hydrogen) atoms. The van der Waals surface area contributed by atoms with Gasteiger partial charge in [-0.3, -0.25) is 9.59 Å². The third-order valence-electron chi connectivity index (χ3n) is 8.03. The number of nitrogens with one attached hydrogen (secondary N) is 2. The average molecular weight is 619 g/mol. The van der Waals surface area contributed by atoms with E-state index in [1.807, 2.05) is 146 Å². The molecule has 2 N–H and O–H groups in total. The molecule has 0 radical (unpaired) electrons. The molecule has 0 heterocycles. The number of aryl methyl sites for hydroxylation is 1. The van der Waals surface area contributed by atoms with E-state index < -0.39 is 20.0 Å². The van der Waals surface area contributed by atoms with Crippen LogP contribution in [0.4, 0.5) is 0 Å². The number of benzene rings is 6. The quantitative estimate of drug-likeness (QED) is 0.157. The second kappa shape index (κ2) is 14.6. The lowest BCUT2D eigenvalue weighted by atomic mass is 9.92. The van der Waals surface area contributed by atoms with Gasteiger partial charge in [-0.05, 0) is 59.6 Å². The van der Waals surface area contributed by atoms with Crippen LogP contribution in [0.1, 0.15) is 49.5 Å². The van der Waals surface area contributed by atoms with Crippen molar-refractivity contribution in [2.45, 2.75) is 19.0 Å². The minimum Gasteiger partial charge on any atom is -0.343 e. The molecule has 226 valence electrons. The third-order valence-corrected chi connectivity index (χ3v) is 10.5. The van der Waals surface area contributed by atoms with Gasteiger partial charge in [0.05, 0.1) is 12.1 Å². The van der Waals surface area contributed by atoms with E-state index >= 15 is 0 Å². The van der Waals surface area contributed by atoms with Gasteiger partial charge in [-0.1, -0.05) is 158 Å². The number of hydrogen-bond acceptors (Lipinski definition) is 2. The summed E-state index contributed by atoms with van der Waals surface area (Å²) in [6, 6.07) is 54.7. The molecule has 0 aromatic heterocycles. The zero-order valence-corrected chi connectivity index (χ0v) is 26.5. The summed E-state index contributed by atoms with van der Waals surface area (Å²) in [6.45, 7) is 1.93. The van der Waals surface area contributed by atoms with Crippen molar-refractivity contribution in [3.8, 4) is 0 Å². The second-order valence-corrected chi connectivity index (χ2v) is 13.2. The summed E-state index contributed by atoms with van der Waals surface area (Å²) in [6.07, 6.45) is 0. The van der Waals surface area contributed by atoms with Gasteiger partial charge in [0.2, 0.25) is 0 Å². The predicted molar refractivity (Wildman–Crippen MR) is 190 cm³/mol. The van der Waals surface area contributed by atoms with Crippen molar-refractivity contribution in [1.82, 2.24) is 10.6 Å². The van der Waals surface area contributed by atoms with Crippen molar-refractivity contribution in [2.75, 3.05) is 0 Å². The van der Waals surface area contributed by atoms with Crippen LogP contribution in [0, 0.1) is 6.92 Å². The molecule has 6 aromatic carbocycles. The topological polar surface area (TPSA) is 58.2 Å². The van der Waals surface area contributed by atoms with Crippen molar-refractivity contribution in [3.05, 3.63) is 198 Å². The molecular weight excluding hydrogens is 583 g/mol. The van der Waals surface area contributed by atoms with Gasteiger partial charge < -0.3 is 10.6 Å². The molecule has 0 aliphatic heterocycles. The van der Waals surface area contributed by atoms with E-state index in [4.69, 9.17) is 0 Å². The zero-order valence-electron chi connectivity index (χ0n) is 25.6. The number of hydrogen-bond donors (Lipinski definition) is 2. The van der Waals surface area contributed by atoms with Gasteiger partial charge >= 0.3 is 0 Å². The first-order valence-corrected chi connectivity index (χ1v) is 16.7. The van der Waals surface area contributed by atoms with E-state index in [9.17, 15) is 9.59 Å². The normalized spacial score (nSPS) is 12.2. The Kier molecular flexibility index (Phi) is 9.78. The van der Waals surface area contributed by atoms with E-state index in [2.05, 4.69) is 41.0 Å². The highest BCUT2D eigenvalue weighted by molar-refractivity contribution is 7.80. The molecule has 0 aliphatic carbocycles. The standard InChI is InChI=1S/C41H35N2O2P/c1-30-18-14-15-27-35(30)40(44)42-38(31-19-6-2-7-20-31)39(32-21-8-3-9-22-32)43-41(45)36-28-16-17-29-37(36)46(33-23-10-4-11-24-33)34-25-12-5-13-26-34/h2-29,38-39H,1H3,(H,42,44)(H,43,45)/t38-,39-/m1/s1. The lowest BCUT2D eigenvalue weighted by molar-refractivity contribution is 0.0882. The van der Waals surface area contributed by atoms with Crippen LogP contribution in [0.3, 0.4) is 0 Å². The Morgan fingerprint density at radius 2 is 0.826 bits per heavy atom. The van der Waals surface area contributed by atoms with Gasteiger partial charge in [0, 0.05) is 11.1 Å². The zero-order chi connectivity index (χ0) is 31.7. The fraction of sp³-hybridized carbons (Fsp3) is 0.0732. The summed E-state index contributed by atoms with van der Waals surface area (Å²) in [5.41, 5.74) is 3.88. The van der Waals surface area contributed by atoms with E-state index in [0.717, 1.165) is 32.6 Å². The monoisotopic (exact) mass is 618 g/mol. The highest BCUT2D eigenvalue weighted by Gasteiger charge is 2.30. The van der Waals surface area contributed by atoms with Crippen molar-refractivity contribution in [1.29, 1.82) is 0 Å². The van der Waals surface area contributed by atoms with E-state index in [1.54, 1.807) is 0 Å². The number of carbonyl (C=O) groups is 2. The van der Waals surface area contributed by atoms with E-state index in [0.29, 0.717) is 11.1 Å². The van der Waals surface area contributed by atoms with Crippen LogP contribution in [0.15, 0.2) is 170 Å². The summed E-state index contributed by atoms with van der Waals surface area (Å²) >= 11 is 0. The largest absolute Gasteiger partial charge is 0.343 e. The van der Waals surface area contributed by atoms with Gasteiger partial charge in [-0.25, -0.2) is 0 Å². The van der Waals surface area contributed by atoms with Crippen molar-refractivity contribution in [3.63, 3.8) is 0 Å². The molecule has 0 spiro atoms. The molecular formula is C41H35N2O2P. The van der Waals surface area contributed by atoms with Crippen LogP contribution in [0.5, 0.6) is 0 Å². The smallest absolute Gasteiger partial charge is 0.252 e. The molecule has 6 aromatic rings. The predicted octanol–water partition coefficient (Wildman–Crippen LogP) is 7.40. The molecule has 0 saturated heterocycles. The molecule has 2 atom stereocenters. The number of carbonyl (C=O) groups excluding carboxylic acids is 2. The van der Waals surface area contributed by atoms with Gasteiger partial charge in [0.15, 0.2) is 0 Å². The fourth-order valence-electron chi connectivity index (χ4n) is 5.75. The van der Waals surface area contributed by atoms with Crippen molar-refractivity contribution in [2.24, 2.45) is 0 Å². The summed E-state index contributed by atoms with van der Waals surface area (Å²) < 4.78 is 0. The van der Waals surface area contributed by atoms with Crippen LogP contribution < -0.4 is 26.5 Å². The first-order chi connectivity index (χ1) is 22.6. The Labute approximate surface area is 271 Å². The fourth-order valence-corrected chi connectivity index (χ4v) is 8.19. The molecule has 2 amide bonds. The van der Waals surface area contributed by atoms with Gasteiger partial charge in [-0.15, -0.1) is 0 Å². The van der Waals surface area contributed by atoms with E-state index in [-0.39, 0.29) is 11.8 Å². The average Bonchev–Trinajstić information content (AvgIpc) is 3.12. The lowest BCUT2D eigenvalue weighted by Crippen LogP contribution is -2.42. The Morgan fingerprint density at radius 3 is 1.30 bits per heavy atom. The molecule has 0 fully saturated rings. The highest BCUT2D eigenvalue weighted by atomic mass is 31.1. The first kappa shape index (κ1) is 30.7. The van der Waals surface area contributed by atoms with Crippen LogP contribution in [0.2, 0.25) is 0 Å². The molecule has 5 heteroatoms. The van der Waals surface area contributed by atoms with E-state index in [1.165, 1.54) is 0 Å². The van der Waals surface area contributed by atoms with Crippen LogP contribution in [0.25, 0.3) is 0 Å². The van der Waals surface area contributed by atoms with Crippen LogP contribution in [-0.4, -0.2) is 11.8 Å². The maximum Gasteiger partial charge on any atom is 0.252 e. The molecule has 4 nitrogen and oxygen atoms in total. The minimum atomic E-state index is -1.02. The Balaban J connectivity index is 1.42. The molecule has 0 saturated carbocycles. The molecule has 0 unspecified atom stereocenters. The first-order valence-electron chi connectivity index (χ1n) is 15.4. The lowest BCUT2D eigenvalue weighted by Gasteiger charge is -2.31. The van der Waals surface area contributed by atoms with Gasteiger partial charge in [-0.2, -0.15) is 0 Å². The molecule has 0 aliphatic rings. The van der Waals surface area contributed by atoms with Crippen LogP contribution >= 0.6 is 7.92 Å². The van der Waals surface area contributed by atoms with Crippen molar-refractivity contribution < 1.29 is 9.59 Å². The Hall–Kier alpha value is -5.31. The summed E-state index contributed by atoms with van der Waals surface area (Å²) in [7, 11) is -1.02. The maximum atomic E-state index is 14.5.